The maximum Gasteiger partial charge on any atom is 0.426 e. The molecule has 2 heterocycles. The number of nitrogens with zero attached hydrogens (tertiary/aromatic N) is 1. The minimum absolute atomic E-state index is 0.0565. The Morgan fingerprint density at radius 1 is 1.50 bits per heavy atom. The molecule has 1 unspecified atom stereocenters. The lowest BCUT2D eigenvalue weighted by Crippen LogP contribution is -2.34. The van der Waals surface area contributed by atoms with Crippen molar-refractivity contribution in [3.63, 3.8) is 0 Å². The molecule has 0 bridgehead atoms. The third kappa shape index (κ3) is 1.18. The molecule has 82 valence electrons. The average molecular weight is 218 g/mol. The molecule has 1 aromatic rings. The van der Waals surface area contributed by atoms with Gasteiger partial charge in [0.25, 0.3) is 0 Å². The standard InChI is InChI=1S/C11H10N2O3/c14-11(15)13-9-6-16-10-4-2-1-3-7(10)8(9)5-12-13/h1-4,6,8,12H,5H2,(H,14,15). The van der Waals surface area contributed by atoms with Gasteiger partial charge in [0.2, 0.25) is 0 Å². The molecule has 2 aliphatic rings. The van der Waals surface area contributed by atoms with Gasteiger partial charge in [-0.2, -0.15) is 0 Å². The molecule has 0 spiro atoms. The van der Waals surface area contributed by atoms with Crippen molar-refractivity contribution in [3.05, 3.63) is 41.8 Å². The van der Waals surface area contributed by atoms with E-state index in [2.05, 4.69) is 5.43 Å². The van der Waals surface area contributed by atoms with Crippen molar-refractivity contribution in [2.24, 2.45) is 0 Å². The van der Waals surface area contributed by atoms with Crippen LogP contribution in [0.25, 0.3) is 0 Å². The van der Waals surface area contributed by atoms with E-state index in [0.717, 1.165) is 16.3 Å². The lowest BCUT2D eigenvalue weighted by atomic mass is 9.95. The van der Waals surface area contributed by atoms with Gasteiger partial charge in [0, 0.05) is 18.0 Å². The smallest absolute Gasteiger partial charge is 0.426 e. The molecule has 3 rings (SSSR count). The highest BCUT2D eigenvalue weighted by molar-refractivity contribution is 5.68. The van der Waals surface area contributed by atoms with E-state index in [0.29, 0.717) is 12.2 Å². The number of hydrogen-bond acceptors (Lipinski definition) is 3. The van der Waals surface area contributed by atoms with E-state index in [1.807, 2.05) is 24.3 Å². The van der Waals surface area contributed by atoms with Crippen molar-refractivity contribution in [2.45, 2.75) is 5.92 Å². The average Bonchev–Trinajstić information content (AvgIpc) is 2.73. The Morgan fingerprint density at radius 2 is 2.31 bits per heavy atom. The zero-order chi connectivity index (χ0) is 11.1. The van der Waals surface area contributed by atoms with Crippen LogP contribution in [0.1, 0.15) is 11.5 Å². The highest BCUT2D eigenvalue weighted by atomic mass is 16.5. The van der Waals surface area contributed by atoms with E-state index in [9.17, 15) is 4.79 Å². The molecule has 1 aromatic carbocycles. The fraction of sp³-hybridized carbons (Fsp3) is 0.182. The molecule has 0 aromatic heterocycles. The number of ether oxygens (including phenoxy) is 1. The summed E-state index contributed by atoms with van der Waals surface area (Å²) in [6.45, 7) is 0.582. The highest BCUT2D eigenvalue weighted by Gasteiger charge is 2.36. The van der Waals surface area contributed by atoms with E-state index >= 15 is 0 Å². The second-order valence-electron chi connectivity index (χ2n) is 3.73. The Bertz CT molecular complexity index is 484. The first-order chi connectivity index (χ1) is 7.77. The number of nitrogens with one attached hydrogen (secondary N) is 1. The molecule has 1 amide bonds. The zero-order valence-corrected chi connectivity index (χ0v) is 8.38. The van der Waals surface area contributed by atoms with Crippen LogP contribution in [0.5, 0.6) is 5.75 Å². The van der Waals surface area contributed by atoms with Crippen LogP contribution in [0, 0.1) is 0 Å². The summed E-state index contributed by atoms with van der Waals surface area (Å²) in [6, 6.07) is 7.66. The number of fused-ring (bicyclic) bond motifs is 3. The molecule has 0 saturated carbocycles. The van der Waals surface area contributed by atoms with Crippen molar-refractivity contribution in [1.29, 1.82) is 0 Å². The van der Waals surface area contributed by atoms with Gasteiger partial charge in [-0.05, 0) is 6.07 Å². The number of amides is 1. The molecule has 0 aliphatic carbocycles. The van der Waals surface area contributed by atoms with Crippen LogP contribution in [0.15, 0.2) is 36.2 Å². The van der Waals surface area contributed by atoms with Gasteiger partial charge in [-0.3, -0.25) is 0 Å². The molecule has 0 radical (unpaired) electrons. The number of rotatable bonds is 0. The summed E-state index contributed by atoms with van der Waals surface area (Å²) >= 11 is 0. The lowest BCUT2D eigenvalue weighted by Gasteiger charge is -2.22. The summed E-state index contributed by atoms with van der Waals surface area (Å²) < 4.78 is 5.41. The van der Waals surface area contributed by atoms with Gasteiger partial charge < -0.3 is 9.84 Å². The summed E-state index contributed by atoms with van der Waals surface area (Å²) in [5.74, 6) is 0.853. The summed E-state index contributed by atoms with van der Waals surface area (Å²) in [4.78, 5) is 10.9. The van der Waals surface area contributed by atoms with Gasteiger partial charge in [0.05, 0.1) is 5.70 Å². The van der Waals surface area contributed by atoms with Crippen molar-refractivity contribution in [2.75, 3.05) is 6.54 Å². The fourth-order valence-corrected chi connectivity index (χ4v) is 2.12. The van der Waals surface area contributed by atoms with Gasteiger partial charge >= 0.3 is 6.09 Å². The van der Waals surface area contributed by atoms with Crippen molar-refractivity contribution in [1.82, 2.24) is 10.4 Å². The second kappa shape index (κ2) is 3.24. The van der Waals surface area contributed by atoms with Crippen molar-refractivity contribution in [3.8, 4) is 5.75 Å². The topological polar surface area (TPSA) is 61.8 Å². The molecule has 1 fully saturated rings. The van der Waals surface area contributed by atoms with E-state index in [-0.39, 0.29) is 5.92 Å². The number of para-hydroxylation sites is 1. The summed E-state index contributed by atoms with van der Waals surface area (Å²) in [7, 11) is 0. The molecular weight excluding hydrogens is 208 g/mol. The normalized spacial score (nSPS) is 21.9. The van der Waals surface area contributed by atoms with E-state index in [1.165, 1.54) is 6.26 Å². The first-order valence-electron chi connectivity index (χ1n) is 4.99. The predicted molar refractivity (Wildman–Crippen MR) is 55.8 cm³/mol. The second-order valence-corrected chi connectivity index (χ2v) is 3.73. The quantitative estimate of drug-likeness (QED) is 0.692. The number of benzene rings is 1. The maximum absolute atomic E-state index is 10.9. The Morgan fingerprint density at radius 3 is 3.12 bits per heavy atom. The van der Waals surface area contributed by atoms with Crippen molar-refractivity contribution < 1.29 is 14.6 Å². The molecule has 16 heavy (non-hydrogen) atoms. The van der Waals surface area contributed by atoms with Crippen LogP contribution < -0.4 is 10.2 Å². The highest BCUT2D eigenvalue weighted by Crippen LogP contribution is 2.39. The molecule has 5 heteroatoms. The summed E-state index contributed by atoms with van der Waals surface area (Å²) in [6.07, 6.45) is 0.484. The Kier molecular flexibility index (Phi) is 1.87. The third-order valence-corrected chi connectivity index (χ3v) is 2.86. The number of carboxylic acid groups (broad SMARTS) is 1. The van der Waals surface area contributed by atoms with Crippen LogP contribution in [0.4, 0.5) is 4.79 Å². The number of hydrazine groups is 1. The van der Waals surface area contributed by atoms with Gasteiger partial charge in [-0.25, -0.2) is 15.2 Å². The van der Waals surface area contributed by atoms with Gasteiger partial charge in [-0.15, -0.1) is 0 Å². The Balaban J connectivity index is 2.02. The molecule has 2 aliphatic heterocycles. The van der Waals surface area contributed by atoms with Gasteiger partial charge in [0.15, 0.2) is 0 Å². The molecule has 5 nitrogen and oxygen atoms in total. The minimum Gasteiger partial charge on any atom is -0.464 e. The minimum atomic E-state index is -1.02. The van der Waals surface area contributed by atoms with E-state index < -0.39 is 6.09 Å². The van der Waals surface area contributed by atoms with E-state index in [1.54, 1.807) is 0 Å². The number of hydrogen-bond donors (Lipinski definition) is 2. The van der Waals surface area contributed by atoms with Crippen LogP contribution in [0.2, 0.25) is 0 Å². The van der Waals surface area contributed by atoms with Crippen molar-refractivity contribution >= 4 is 6.09 Å². The van der Waals surface area contributed by atoms with Crippen LogP contribution in [-0.2, 0) is 0 Å². The van der Waals surface area contributed by atoms with Crippen LogP contribution >= 0.6 is 0 Å². The fourth-order valence-electron chi connectivity index (χ4n) is 2.12. The first kappa shape index (κ1) is 9.23. The maximum atomic E-state index is 10.9. The SMILES string of the molecule is O=C(O)N1NCC2C1=COc1ccccc12. The molecule has 1 saturated heterocycles. The first-order valence-corrected chi connectivity index (χ1v) is 4.99. The predicted octanol–water partition coefficient (Wildman–Crippen LogP) is 1.50. The summed E-state index contributed by atoms with van der Waals surface area (Å²) in [5, 5.41) is 10.1. The van der Waals surface area contributed by atoms with E-state index in [4.69, 9.17) is 9.84 Å². The molecule has 1 atom stereocenters. The van der Waals surface area contributed by atoms with Gasteiger partial charge in [-0.1, -0.05) is 18.2 Å². The van der Waals surface area contributed by atoms with Crippen LogP contribution in [0.3, 0.4) is 0 Å². The molecular formula is C11H10N2O3. The largest absolute Gasteiger partial charge is 0.464 e. The zero-order valence-electron chi connectivity index (χ0n) is 8.38. The molecule has 2 N–H and O–H groups in total. The Labute approximate surface area is 91.9 Å². The third-order valence-electron chi connectivity index (χ3n) is 2.86. The monoisotopic (exact) mass is 218 g/mol. The Hall–Kier alpha value is -2.01. The lowest BCUT2D eigenvalue weighted by molar-refractivity contribution is 0.147. The number of carbonyl (C=O) groups is 1. The van der Waals surface area contributed by atoms with Crippen LogP contribution in [-0.4, -0.2) is 22.8 Å². The summed E-state index contributed by atoms with van der Waals surface area (Å²) in [5.41, 5.74) is 4.49. The van der Waals surface area contributed by atoms with Gasteiger partial charge in [0.1, 0.15) is 12.0 Å².